The molecule has 0 aromatic heterocycles. The number of carbonyl (C=O) groups excluding carboxylic acids is 1. The maximum Gasteiger partial charge on any atom is 0.252 e. The SMILES string of the molecule is O=C(NC1CCC(O)CC1)c1cc(Cl)cc(Cl)c1I. The topological polar surface area (TPSA) is 49.3 Å². The fourth-order valence-corrected chi connectivity index (χ4v) is 3.25. The van der Waals surface area contributed by atoms with Crippen molar-refractivity contribution in [2.45, 2.75) is 37.8 Å². The Balaban J connectivity index is 2.08. The number of amides is 1. The molecule has 0 bridgehead atoms. The van der Waals surface area contributed by atoms with Gasteiger partial charge in [-0.1, -0.05) is 23.2 Å². The molecule has 0 heterocycles. The highest BCUT2D eigenvalue weighted by molar-refractivity contribution is 14.1. The molecule has 0 spiro atoms. The van der Waals surface area contributed by atoms with E-state index in [-0.39, 0.29) is 18.1 Å². The Morgan fingerprint density at radius 1 is 1.26 bits per heavy atom. The van der Waals surface area contributed by atoms with Gasteiger partial charge in [0.05, 0.1) is 16.7 Å². The van der Waals surface area contributed by atoms with E-state index in [4.69, 9.17) is 23.2 Å². The largest absolute Gasteiger partial charge is 0.393 e. The first-order chi connectivity index (χ1) is 8.97. The number of nitrogens with one attached hydrogen (secondary N) is 1. The van der Waals surface area contributed by atoms with Gasteiger partial charge in [0.25, 0.3) is 5.91 Å². The number of rotatable bonds is 2. The highest BCUT2D eigenvalue weighted by Gasteiger charge is 2.22. The molecule has 6 heteroatoms. The fraction of sp³-hybridized carbons (Fsp3) is 0.462. The highest BCUT2D eigenvalue weighted by Crippen LogP contribution is 2.27. The molecule has 1 aromatic rings. The van der Waals surface area contributed by atoms with Crippen LogP contribution >= 0.6 is 45.8 Å². The van der Waals surface area contributed by atoms with Crippen LogP contribution in [-0.4, -0.2) is 23.2 Å². The van der Waals surface area contributed by atoms with E-state index in [0.29, 0.717) is 19.2 Å². The van der Waals surface area contributed by atoms with Crippen molar-refractivity contribution in [1.82, 2.24) is 5.32 Å². The molecule has 1 aliphatic rings. The third-order valence-corrected chi connectivity index (χ3v) is 5.27. The Labute approximate surface area is 135 Å². The molecule has 1 fully saturated rings. The van der Waals surface area contributed by atoms with Gasteiger partial charge in [0.15, 0.2) is 0 Å². The van der Waals surface area contributed by atoms with E-state index in [2.05, 4.69) is 5.32 Å². The predicted molar refractivity (Wildman–Crippen MR) is 84.9 cm³/mol. The van der Waals surface area contributed by atoms with Gasteiger partial charge in [-0.3, -0.25) is 4.79 Å². The van der Waals surface area contributed by atoms with Gasteiger partial charge < -0.3 is 10.4 Å². The number of aliphatic hydroxyl groups excluding tert-OH is 1. The highest BCUT2D eigenvalue weighted by atomic mass is 127. The zero-order valence-electron chi connectivity index (χ0n) is 10.1. The van der Waals surface area contributed by atoms with Crippen LogP contribution in [0.2, 0.25) is 10.0 Å². The van der Waals surface area contributed by atoms with E-state index in [1.165, 1.54) is 0 Å². The lowest BCUT2D eigenvalue weighted by atomic mass is 9.93. The first-order valence-corrected chi connectivity index (χ1v) is 7.94. The van der Waals surface area contributed by atoms with Gasteiger partial charge in [0.1, 0.15) is 0 Å². The van der Waals surface area contributed by atoms with Crippen molar-refractivity contribution in [3.05, 3.63) is 31.3 Å². The van der Waals surface area contributed by atoms with Gasteiger partial charge in [-0.15, -0.1) is 0 Å². The molecule has 2 rings (SSSR count). The number of halogens is 3. The second kappa shape index (κ2) is 6.61. The summed E-state index contributed by atoms with van der Waals surface area (Å²) in [5.74, 6) is -0.157. The number of benzene rings is 1. The molecule has 104 valence electrons. The monoisotopic (exact) mass is 413 g/mol. The number of hydrogen-bond acceptors (Lipinski definition) is 2. The van der Waals surface area contributed by atoms with E-state index in [1.54, 1.807) is 12.1 Å². The van der Waals surface area contributed by atoms with E-state index >= 15 is 0 Å². The summed E-state index contributed by atoms with van der Waals surface area (Å²) in [6.07, 6.45) is 2.85. The molecule has 19 heavy (non-hydrogen) atoms. The molecule has 1 saturated carbocycles. The van der Waals surface area contributed by atoms with Gasteiger partial charge in [0, 0.05) is 14.6 Å². The van der Waals surface area contributed by atoms with E-state index in [1.807, 2.05) is 22.6 Å². The van der Waals surface area contributed by atoms with Gasteiger partial charge in [-0.2, -0.15) is 0 Å². The summed E-state index contributed by atoms with van der Waals surface area (Å²) >= 11 is 14.0. The van der Waals surface area contributed by atoms with Crippen molar-refractivity contribution < 1.29 is 9.90 Å². The average molecular weight is 414 g/mol. The Bertz CT molecular complexity index is 488. The van der Waals surface area contributed by atoms with Crippen molar-refractivity contribution >= 4 is 51.7 Å². The zero-order chi connectivity index (χ0) is 14.0. The van der Waals surface area contributed by atoms with Crippen LogP contribution < -0.4 is 5.32 Å². The quantitative estimate of drug-likeness (QED) is 0.574. The second-order valence-corrected chi connectivity index (χ2v) is 6.65. The number of aliphatic hydroxyl groups is 1. The lowest BCUT2D eigenvalue weighted by Gasteiger charge is -2.26. The molecule has 0 saturated heterocycles. The Morgan fingerprint density at radius 3 is 2.53 bits per heavy atom. The van der Waals surface area contributed by atoms with Crippen LogP contribution in [0.15, 0.2) is 12.1 Å². The van der Waals surface area contributed by atoms with Crippen molar-refractivity contribution in [2.24, 2.45) is 0 Å². The Morgan fingerprint density at radius 2 is 1.89 bits per heavy atom. The first kappa shape index (κ1) is 15.4. The number of hydrogen-bond donors (Lipinski definition) is 2. The van der Waals surface area contributed by atoms with Gasteiger partial charge in [0.2, 0.25) is 0 Å². The third-order valence-electron chi connectivity index (χ3n) is 3.27. The van der Waals surface area contributed by atoms with Gasteiger partial charge in [-0.25, -0.2) is 0 Å². The summed E-state index contributed by atoms with van der Waals surface area (Å²) in [5, 5.41) is 13.4. The summed E-state index contributed by atoms with van der Waals surface area (Å²) in [4.78, 5) is 12.2. The van der Waals surface area contributed by atoms with Crippen molar-refractivity contribution in [3.63, 3.8) is 0 Å². The number of carbonyl (C=O) groups is 1. The van der Waals surface area contributed by atoms with Crippen molar-refractivity contribution in [2.75, 3.05) is 0 Å². The van der Waals surface area contributed by atoms with Crippen LogP contribution in [0.25, 0.3) is 0 Å². The van der Waals surface area contributed by atoms with Crippen molar-refractivity contribution in [1.29, 1.82) is 0 Å². The molecule has 2 N–H and O–H groups in total. The maximum absolute atomic E-state index is 12.2. The van der Waals surface area contributed by atoms with Gasteiger partial charge >= 0.3 is 0 Å². The Hall–Kier alpha value is -0.0400. The van der Waals surface area contributed by atoms with E-state index in [9.17, 15) is 9.90 Å². The van der Waals surface area contributed by atoms with Crippen LogP contribution in [0.4, 0.5) is 0 Å². The predicted octanol–water partition coefficient (Wildman–Crippen LogP) is 3.63. The minimum absolute atomic E-state index is 0.115. The molecular formula is C13H14Cl2INO2. The zero-order valence-corrected chi connectivity index (χ0v) is 13.8. The minimum atomic E-state index is -0.228. The Kier molecular flexibility index (Phi) is 5.34. The lowest BCUT2D eigenvalue weighted by molar-refractivity contribution is 0.0867. The smallest absolute Gasteiger partial charge is 0.252 e. The summed E-state index contributed by atoms with van der Waals surface area (Å²) in [5.41, 5.74) is 0.504. The summed E-state index contributed by atoms with van der Waals surface area (Å²) in [7, 11) is 0. The van der Waals surface area contributed by atoms with Crippen LogP contribution in [-0.2, 0) is 0 Å². The molecule has 3 nitrogen and oxygen atoms in total. The molecular weight excluding hydrogens is 400 g/mol. The lowest BCUT2D eigenvalue weighted by Crippen LogP contribution is -2.38. The van der Waals surface area contributed by atoms with E-state index < -0.39 is 0 Å². The molecule has 1 aromatic carbocycles. The van der Waals surface area contributed by atoms with Gasteiger partial charge in [-0.05, 0) is 60.4 Å². The summed E-state index contributed by atoms with van der Waals surface area (Å²) < 4.78 is 0.706. The normalized spacial score (nSPS) is 23.2. The summed E-state index contributed by atoms with van der Waals surface area (Å²) in [6.45, 7) is 0. The third kappa shape index (κ3) is 3.97. The van der Waals surface area contributed by atoms with Crippen LogP contribution in [0, 0.1) is 3.57 Å². The molecule has 0 unspecified atom stereocenters. The second-order valence-electron chi connectivity index (χ2n) is 4.73. The molecule has 0 atom stereocenters. The van der Waals surface area contributed by atoms with Crippen LogP contribution in [0.5, 0.6) is 0 Å². The molecule has 0 aliphatic heterocycles. The summed E-state index contributed by atoms with van der Waals surface area (Å²) in [6, 6.07) is 3.37. The first-order valence-electron chi connectivity index (χ1n) is 6.11. The van der Waals surface area contributed by atoms with Crippen LogP contribution in [0.3, 0.4) is 0 Å². The maximum atomic E-state index is 12.2. The van der Waals surface area contributed by atoms with Crippen molar-refractivity contribution in [3.8, 4) is 0 Å². The van der Waals surface area contributed by atoms with Crippen LogP contribution in [0.1, 0.15) is 36.0 Å². The average Bonchev–Trinajstić information content (AvgIpc) is 2.36. The molecule has 1 amide bonds. The fourth-order valence-electron chi connectivity index (χ4n) is 2.20. The molecule has 0 radical (unpaired) electrons. The molecule has 1 aliphatic carbocycles. The standard InChI is InChI=1S/C13H14Cl2INO2/c14-7-5-10(12(16)11(15)6-7)13(19)17-8-1-3-9(18)4-2-8/h5-6,8-9,18H,1-4H2,(H,17,19). The van der Waals surface area contributed by atoms with E-state index in [0.717, 1.165) is 25.7 Å². The minimum Gasteiger partial charge on any atom is -0.393 e.